The molecule has 38 heavy (non-hydrogen) atoms. The van der Waals surface area contributed by atoms with Gasteiger partial charge >= 0.3 is 5.97 Å². The first kappa shape index (κ1) is 27.7. The lowest BCUT2D eigenvalue weighted by molar-refractivity contribution is -0.143. The lowest BCUT2D eigenvalue weighted by Gasteiger charge is -2.25. The molecule has 0 saturated carbocycles. The van der Waals surface area contributed by atoms with Crippen molar-refractivity contribution in [2.45, 2.75) is 59.8 Å². The minimum Gasteiger partial charge on any atom is -0.490 e. The molecule has 0 spiro atoms. The number of carbonyl (C=O) groups is 1. The van der Waals surface area contributed by atoms with Crippen LogP contribution in [0.25, 0.3) is 6.08 Å². The molecule has 1 aromatic heterocycles. The monoisotopic (exact) mass is 554 g/mol. The molecule has 1 aliphatic heterocycles. The number of benzene rings is 2. The maximum atomic E-state index is 13.8. The van der Waals surface area contributed by atoms with Crippen LogP contribution in [-0.4, -0.2) is 29.4 Å². The number of carbonyl (C=O) groups excluding carboxylic acids is 1. The number of fused-ring (bicyclic) bond motifs is 1. The largest absolute Gasteiger partial charge is 0.490 e. The van der Waals surface area contributed by atoms with Crippen molar-refractivity contribution in [3.63, 3.8) is 0 Å². The maximum absolute atomic E-state index is 13.8. The van der Waals surface area contributed by atoms with Crippen LogP contribution in [0.4, 0.5) is 0 Å². The normalized spacial score (nSPS) is 15.5. The number of nitrogens with zero attached hydrogens (tertiary/aromatic N) is 2. The molecule has 0 saturated heterocycles. The zero-order valence-corrected chi connectivity index (χ0v) is 23.9. The van der Waals surface area contributed by atoms with E-state index < -0.39 is 12.0 Å². The molecule has 0 amide bonds. The number of allylic oxidation sites excluding steroid dienone is 1. The molecule has 0 N–H and O–H groups in total. The van der Waals surface area contributed by atoms with Crippen molar-refractivity contribution in [2.24, 2.45) is 4.99 Å². The second-order valence-electron chi connectivity index (χ2n) is 9.39. The van der Waals surface area contributed by atoms with Crippen LogP contribution in [0.15, 0.2) is 63.5 Å². The third-order valence-electron chi connectivity index (χ3n) is 5.70. The third-order valence-corrected chi connectivity index (χ3v) is 6.93. The number of halogens is 1. The Morgan fingerprint density at radius 3 is 2.45 bits per heavy atom. The molecule has 9 heteroatoms. The fraction of sp³-hybridized carbons (Fsp3) is 0.345. The minimum atomic E-state index is -0.697. The first-order chi connectivity index (χ1) is 18.1. The molecule has 2 aromatic carbocycles. The molecule has 1 aliphatic rings. The molecular formula is C29H31ClN2O5S. The number of ether oxygens (including phenoxy) is 3. The van der Waals surface area contributed by atoms with Crippen molar-refractivity contribution >= 4 is 35.0 Å². The van der Waals surface area contributed by atoms with Gasteiger partial charge in [0, 0.05) is 5.02 Å². The highest BCUT2D eigenvalue weighted by molar-refractivity contribution is 7.07. The number of aromatic nitrogens is 1. The van der Waals surface area contributed by atoms with Gasteiger partial charge in [0.15, 0.2) is 16.3 Å². The molecule has 200 valence electrons. The molecule has 0 bridgehead atoms. The summed E-state index contributed by atoms with van der Waals surface area (Å²) in [5, 5.41) is 0.558. The predicted molar refractivity (Wildman–Crippen MR) is 150 cm³/mol. The predicted octanol–water partition coefficient (Wildman–Crippen LogP) is 5.03. The van der Waals surface area contributed by atoms with E-state index in [0.717, 1.165) is 11.1 Å². The fourth-order valence-corrected chi connectivity index (χ4v) is 5.38. The van der Waals surface area contributed by atoms with Crippen LogP contribution in [-0.2, 0) is 9.53 Å². The van der Waals surface area contributed by atoms with E-state index in [1.165, 1.54) is 11.3 Å². The summed E-state index contributed by atoms with van der Waals surface area (Å²) < 4.78 is 19.2. The lowest BCUT2D eigenvalue weighted by atomic mass is 9.96. The second kappa shape index (κ2) is 11.6. The molecule has 0 fully saturated rings. The van der Waals surface area contributed by atoms with E-state index in [4.69, 9.17) is 25.8 Å². The number of rotatable bonds is 8. The van der Waals surface area contributed by atoms with Gasteiger partial charge < -0.3 is 14.2 Å². The second-order valence-corrected chi connectivity index (χ2v) is 10.8. The van der Waals surface area contributed by atoms with E-state index in [9.17, 15) is 9.59 Å². The average Bonchev–Trinajstić information content (AvgIpc) is 3.14. The molecular weight excluding hydrogens is 524 g/mol. The van der Waals surface area contributed by atoms with Gasteiger partial charge in [0.25, 0.3) is 5.56 Å². The van der Waals surface area contributed by atoms with Crippen LogP contribution in [0.5, 0.6) is 11.5 Å². The van der Waals surface area contributed by atoms with Gasteiger partial charge in [-0.1, -0.05) is 41.1 Å². The smallest absolute Gasteiger partial charge is 0.338 e. The summed E-state index contributed by atoms with van der Waals surface area (Å²) in [4.78, 5) is 32.1. The van der Waals surface area contributed by atoms with Gasteiger partial charge in [-0.2, -0.15) is 0 Å². The highest BCUT2D eigenvalue weighted by Crippen LogP contribution is 2.32. The van der Waals surface area contributed by atoms with Gasteiger partial charge in [-0.25, -0.2) is 9.79 Å². The summed E-state index contributed by atoms with van der Waals surface area (Å²) in [6.07, 6.45) is 1.48. The first-order valence-electron chi connectivity index (χ1n) is 12.5. The van der Waals surface area contributed by atoms with Crippen LogP contribution in [0, 0.1) is 0 Å². The highest BCUT2D eigenvalue weighted by Gasteiger charge is 2.33. The average molecular weight is 555 g/mol. The van der Waals surface area contributed by atoms with Crippen molar-refractivity contribution in [1.29, 1.82) is 0 Å². The quantitative estimate of drug-likeness (QED) is 0.365. The van der Waals surface area contributed by atoms with Crippen molar-refractivity contribution < 1.29 is 19.0 Å². The van der Waals surface area contributed by atoms with Crippen LogP contribution >= 0.6 is 22.9 Å². The SMILES string of the molecule is CCOc1cc(/C=c2\sc3n(c2=O)[C@@H](c2ccc(Cl)cc2)C(C(=O)OC(C)C)=C(C)N=3)ccc1OC(C)C. The van der Waals surface area contributed by atoms with Crippen molar-refractivity contribution in [3.8, 4) is 11.5 Å². The van der Waals surface area contributed by atoms with Gasteiger partial charge in [-0.05, 0) is 83.0 Å². The van der Waals surface area contributed by atoms with Gasteiger partial charge in [0.1, 0.15) is 0 Å². The van der Waals surface area contributed by atoms with Gasteiger partial charge in [0.05, 0.1) is 40.7 Å². The Morgan fingerprint density at radius 2 is 1.82 bits per heavy atom. The highest BCUT2D eigenvalue weighted by atomic mass is 35.5. The maximum Gasteiger partial charge on any atom is 0.338 e. The summed E-state index contributed by atoms with van der Waals surface area (Å²) in [7, 11) is 0. The molecule has 4 rings (SSSR count). The van der Waals surface area contributed by atoms with E-state index >= 15 is 0 Å². The lowest BCUT2D eigenvalue weighted by Crippen LogP contribution is -2.40. The summed E-state index contributed by atoms with van der Waals surface area (Å²) in [6.45, 7) is 11.6. The standard InChI is InChI=1S/C29H31ClN2O5S/c1-7-35-23-14-19(8-13-22(23)36-16(2)3)15-24-27(33)32-26(20-9-11-21(30)12-10-20)25(28(34)37-17(4)5)18(6)31-29(32)38-24/h8-17,26H,7H2,1-6H3/b24-15-/t26-/m0/s1. The molecule has 0 radical (unpaired) electrons. The van der Waals surface area contributed by atoms with E-state index in [2.05, 4.69) is 4.99 Å². The van der Waals surface area contributed by atoms with E-state index in [1.807, 2.05) is 51.1 Å². The first-order valence-corrected chi connectivity index (χ1v) is 13.7. The van der Waals surface area contributed by atoms with Crippen LogP contribution < -0.4 is 24.4 Å². The minimum absolute atomic E-state index is 0.00330. The number of esters is 1. The van der Waals surface area contributed by atoms with Gasteiger partial charge in [-0.3, -0.25) is 9.36 Å². The van der Waals surface area contributed by atoms with Gasteiger partial charge in [-0.15, -0.1) is 0 Å². The van der Waals surface area contributed by atoms with Crippen LogP contribution in [0.1, 0.15) is 58.7 Å². The number of hydrogen-bond acceptors (Lipinski definition) is 7. The zero-order valence-electron chi connectivity index (χ0n) is 22.3. The summed E-state index contributed by atoms with van der Waals surface area (Å²) in [5.41, 5.74) is 2.11. The van der Waals surface area contributed by atoms with E-state index in [1.54, 1.807) is 43.5 Å². The Labute approximate surface area is 230 Å². The van der Waals surface area contributed by atoms with Crippen LogP contribution in [0.2, 0.25) is 5.02 Å². The number of thiazole rings is 1. The number of hydrogen-bond donors (Lipinski definition) is 0. The third kappa shape index (κ3) is 5.87. The van der Waals surface area contributed by atoms with Crippen molar-refractivity contribution in [3.05, 3.63) is 89.6 Å². The van der Waals surface area contributed by atoms with Crippen molar-refractivity contribution in [1.82, 2.24) is 4.57 Å². The van der Waals surface area contributed by atoms with Crippen LogP contribution in [0.3, 0.4) is 0 Å². The zero-order chi connectivity index (χ0) is 27.6. The summed E-state index contributed by atoms with van der Waals surface area (Å²) >= 11 is 7.40. The summed E-state index contributed by atoms with van der Waals surface area (Å²) in [5.74, 6) is 0.751. The Morgan fingerprint density at radius 1 is 1.11 bits per heavy atom. The summed E-state index contributed by atoms with van der Waals surface area (Å²) in [6, 6.07) is 12.0. The topological polar surface area (TPSA) is 79.1 Å². The van der Waals surface area contributed by atoms with Crippen molar-refractivity contribution in [2.75, 3.05) is 6.61 Å². The van der Waals surface area contributed by atoms with E-state index in [-0.39, 0.29) is 17.8 Å². The molecule has 1 atom stereocenters. The molecule has 3 aromatic rings. The Bertz CT molecular complexity index is 1550. The molecule has 2 heterocycles. The van der Waals surface area contributed by atoms with E-state index in [0.29, 0.717) is 43.7 Å². The Balaban J connectivity index is 1.87. The molecule has 0 aliphatic carbocycles. The fourth-order valence-electron chi connectivity index (χ4n) is 4.21. The Hall–Kier alpha value is -3.36. The van der Waals surface area contributed by atoms with Gasteiger partial charge in [0.2, 0.25) is 0 Å². The molecule has 0 unspecified atom stereocenters. The Kier molecular flexibility index (Phi) is 8.43. The molecule has 7 nitrogen and oxygen atoms in total.